The van der Waals surface area contributed by atoms with Gasteiger partial charge in [0.2, 0.25) is 0 Å². The number of aromatic nitrogens is 4. The van der Waals surface area contributed by atoms with Crippen LogP contribution in [0.1, 0.15) is 46.8 Å². The summed E-state index contributed by atoms with van der Waals surface area (Å²) in [7, 11) is 3.49. The Kier molecular flexibility index (Phi) is 7.61. The zero-order chi connectivity index (χ0) is 26.1. The zero-order valence-electron chi connectivity index (χ0n) is 21.2. The van der Waals surface area contributed by atoms with E-state index >= 15 is 0 Å². The molecule has 0 radical (unpaired) electrons. The number of pyridine rings is 1. The number of benzene rings is 1. The Labute approximate surface area is 233 Å². The van der Waals surface area contributed by atoms with Crippen LogP contribution in [0.2, 0.25) is 0 Å². The summed E-state index contributed by atoms with van der Waals surface area (Å²) in [5, 5.41) is 4.71. The lowest BCUT2D eigenvalue weighted by molar-refractivity contribution is 0.0827. The number of piperidine rings is 1. The first-order valence-corrected chi connectivity index (χ1v) is 14.3. The molecule has 1 aromatic carbocycles. The first-order valence-electron chi connectivity index (χ1n) is 12.3. The molecule has 11 heteroatoms. The number of hydrogen-bond donors (Lipinski definition) is 0. The predicted octanol–water partition coefficient (Wildman–Crippen LogP) is 5.62. The van der Waals surface area contributed by atoms with Crippen LogP contribution in [0.15, 0.2) is 40.9 Å². The molecule has 1 amide bonds. The normalized spacial score (nSPS) is 16.1. The summed E-state index contributed by atoms with van der Waals surface area (Å²) in [6, 6.07) is 12.1. The van der Waals surface area contributed by atoms with Gasteiger partial charge in [-0.2, -0.15) is 4.98 Å². The number of amides is 1. The standard InChI is InChI=1S/C26H29IN6O3S/c1-15(27)22-30-25(36-31-22)33-13-11-17(12-14-33)16(2)35-26-29-21-10-9-20(28-23(21)37-26)18-5-7-19(8-6-18)24(34)32(3)4/h5-10,15-17H,11-14H2,1-4H3/t15?,16-/m0/s1. The van der Waals surface area contributed by atoms with Gasteiger partial charge in [0.1, 0.15) is 16.5 Å². The topological polar surface area (TPSA) is 97.5 Å². The number of fused-ring (bicyclic) bond motifs is 1. The lowest BCUT2D eigenvalue weighted by Gasteiger charge is -2.33. The van der Waals surface area contributed by atoms with Crippen molar-refractivity contribution in [2.75, 3.05) is 32.1 Å². The SMILES string of the molecule is CC(I)c1noc(N2CCC([C@H](C)Oc3nc4ccc(-c5ccc(C(=O)N(C)C)cc5)nc4s3)CC2)n1. The molecule has 2 atom stereocenters. The molecule has 0 aliphatic carbocycles. The Hall–Kier alpha value is -2.80. The first kappa shape index (κ1) is 25.8. The van der Waals surface area contributed by atoms with E-state index in [1.807, 2.05) is 43.3 Å². The third kappa shape index (κ3) is 5.71. The smallest absolute Gasteiger partial charge is 0.324 e. The maximum atomic E-state index is 12.2. The number of nitrogens with zero attached hydrogens (tertiary/aromatic N) is 6. The van der Waals surface area contributed by atoms with Crippen molar-refractivity contribution >= 4 is 56.2 Å². The number of halogens is 1. The third-order valence-electron chi connectivity index (χ3n) is 6.62. The van der Waals surface area contributed by atoms with Crippen molar-refractivity contribution in [2.24, 2.45) is 5.92 Å². The highest BCUT2D eigenvalue weighted by molar-refractivity contribution is 14.1. The van der Waals surface area contributed by atoms with Gasteiger partial charge in [0.05, 0.1) is 9.62 Å². The fraction of sp³-hybridized carbons (Fsp3) is 0.423. The Morgan fingerprint density at radius 3 is 2.49 bits per heavy atom. The number of carbonyl (C=O) groups excluding carboxylic acids is 1. The highest BCUT2D eigenvalue weighted by Crippen LogP contribution is 2.33. The minimum absolute atomic E-state index is 0.0198. The lowest BCUT2D eigenvalue weighted by atomic mass is 9.92. The van der Waals surface area contributed by atoms with Crippen LogP contribution < -0.4 is 9.64 Å². The number of carbonyl (C=O) groups is 1. The number of rotatable bonds is 7. The quantitative estimate of drug-likeness (QED) is 0.191. The van der Waals surface area contributed by atoms with Crippen LogP contribution in [0, 0.1) is 5.92 Å². The van der Waals surface area contributed by atoms with Crippen LogP contribution in [0.4, 0.5) is 6.01 Å². The van der Waals surface area contributed by atoms with E-state index in [0.29, 0.717) is 22.7 Å². The molecule has 1 unspecified atom stereocenters. The molecule has 1 aliphatic rings. The van der Waals surface area contributed by atoms with Crippen LogP contribution in [-0.2, 0) is 0 Å². The van der Waals surface area contributed by atoms with Gasteiger partial charge in [-0.15, -0.1) is 0 Å². The molecule has 0 saturated carbocycles. The highest BCUT2D eigenvalue weighted by Gasteiger charge is 2.28. The van der Waals surface area contributed by atoms with Gasteiger partial charge >= 0.3 is 6.01 Å². The fourth-order valence-corrected chi connectivity index (χ4v) is 5.51. The molecule has 1 fully saturated rings. The number of anilines is 1. The molecule has 5 rings (SSSR count). The Bertz CT molecular complexity index is 1380. The summed E-state index contributed by atoms with van der Waals surface area (Å²) in [5.41, 5.74) is 3.27. The molecule has 1 saturated heterocycles. The summed E-state index contributed by atoms with van der Waals surface area (Å²) >= 11 is 3.75. The molecule has 1 aliphatic heterocycles. The van der Waals surface area contributed by atoms with Gasteiger partial charge < -0.3 is 19.1 Å². The van der Waals surface area contributed by atoms with Crippen molar-refractivity contribution in [3.63, 3.8) is 0 Å². The van der Waals surface area contributed by atoms with E-state index in [-0.39, 0.29) is 15.9 Å². The van der Waals surface area contributed by atoms with Gasteiger partial charge in [0.15, 0.2) is 5.82 Å². The van der Waals surface area contributed by atoms with Crippen LogP contribution in [-0.4, -0.2) is 64.2 Å². The second-order valence-electron chi connectivity index (χ2n) is 9.48. The van der Waals surface area contributed by atoms with Gasteiger partial charge in [-0.05, 0) is 56.9 Å². The maximum Gasteiger partial charge on any atom is 0.324 e. The summed E-state index contributed by atoms with van der Waals surface area (Å²) in [5.74, 6) is 1.13. The predicted molar refractivity (Wildman–Crippen MR) is 153 cm³/mol. The van der Waals surface area contributed by atoms with Gasteiger partial charge in [-0.25, -0.2) is 9.97 Å². The maximum absolute atomic E-state index is 12.2. The third-order valence-corrected chi connectivity index (χ3v) is 8.03. The zero-order valence-corrected chi connectivity index (χ0v) is 24.2. The van der Waals surface area contributed by atoms with Crippen molar-refractivity contribution < 1.29 is 14.1 Å². The molecule has 0 bridgehead atoms. The van der Waals surface area contributed by atoms with Crippen LogP contribution in [0.25, 0.3) is 21.6 Å². The number of ether oxygens (including phenoxy) is 1. The summed E-state index contributed by atoms with van der Waals surface area (Å²) in [4.78, 5) is 30.7. The lowest BCUT2D eigenvalue weighted by Crippen LogP contribution is -2.38. The van der Waals surface area contributed by atoms with Crippen molar-refractivity contribution in [1.82, 2.24) is 25.0 Å². The monoisotopic (exact) mass is 632 g/mol. The summed E-state index contributed by atoms with van der Waals surface area (Å²) in [6.45, 7) is 5.88. The molecule has 194 valence electrons. The molecular formula is C26H29IN6O3S. The van der Waals surface area contributed by atoms with E-state index in [1.54, 1.807) is 19.0 Å². The Morgan fingerprint density at radius 2 is 1.84 bits per heavy atom. The van der Waals surface area contributed by atoms with Crippen molar-refractivity contribution in [3.8, 4) is 16.5 Å². The van der Waals surface area contributed by atoms with Gasteiger partial charge in [0.25, 0.3) is 11.1 Å². The minimum atomic E-state index is -0.0198. The van der Waals surface area contributed by atoms with Crippen LogP contribution in [0.5, 0.6) is 5.19 Å². The van der Waals surface area contributed by atoms with Crippen LogP contribution in [0.3, 0.4) is 0 Å². The summed E-state index contributed by atoms with van der Waals surface area (Å²) in [6.07, 6.45) is 2.01. The highest BCUT2D eigenvalue weighted by atomic mass is 127. The molecule has 9 nitrogen and oxygen atoms in total. The minimum Gasteiger partial charge on any atom is -0.467 e. The molecule has 0 spiro atoms. The molecule has 4 aromatic rings. The van der Waals surface area contributed by atoms with Crippen LogP contribution >= 0.6 is 33.9 Å². The van der Waals surface area contributed by atoms with E-state index in [0.717, 1.165) is 53.4 Å². The second kappa shape index (κ2) is 10.9. The first-order chi connectivity index (χ1) is 17.8. The Morgan fingerprint density at radius 1 is 1.11 bits per heavy atom. The van der Waals surface area contributed by atoms with Gasteiger partial charge in [-0.1, -0.05) is 51.2 Å². The average molecular weight is 633 g/mol. The second-order valence-corrected chi connectivity index (χ2v) is 12.3. The fourth-order valence-electron chi connectivity index (χ4n) is 4.38. The average Bonchev–Trinajstić information content (AvgIpc) is 3.55. The number of hydrogen-bond acceptors (Lipinski definition) is 9. The number of thiazole rings is 1. The van der Waals surface area contributed by atoms with E-state index in [1.165, 1.54) is 11.3 Å². The van der Waals surface area contributed by atoms with Gasteiger partial charge in [0, 0.05) is 38.3 Å². The van der Waals surface area contributed by atoms with Crippen molar-refractivity contribution in [3.05, 3.63) is 47.8 Å². The summed E-state index contributed by atoms with van der Waals surface area (Å²) < 4.78 is 12.0. The number of alkyl halides is 1. The van der Waals surface area contributed by atoms with E-state index in [2.05, 4.69) is 49.5 Å². The van der Waals surface area contributed by atoms with E-state index in [4.69, 9.17) is 14.2 Å². The van der Waals surface area contributed by atoms with E-state index in [9.17, 15) is 4.79 Å². The molecule has 4 heterocycles. The molecule has 37 heavy (non-hydrogen) atoms. The molecule has 0 N–H and O–H groups in total. The van der Waals surface area contributed by atoms with Crippen molar-refractivity contribution in [2.45, 2.75) is 36.7 Å². The largest absolute Gasteiger partial charge is 0.467 e. The van der Waals surface area contributed by atoms with E-state index < -0.39 is 0 Å². The van der Waals surface area contributed by atoms with Gasteiger partial charge in [-0.3, -0.25) is 4.79 Å². The Balaban J connectivity index is 1.21. The molecular weight excluding hydrogens is 603 g/mol. The van der Waals surface area contributed by atoms with Crippen molar-refractivity contribution in [1.29, 1.82) is 0 Å². The molecule has 3 aromatic heterocycles.